The molecule has 0 spiro atoms. The van der Waals surface area contributed by atoms with Gasteiger partial charge >= 0.3 is 12.0 Å². The van der Waals surface area contributed by atoms with Gasteiger partial charge in [0.15, 0.2) is 5.82 Å². The van der Waals surface area contributed by atoms with Gasteiger partial charge in [0.05, 0.1) is 50.1 Å². The molecule has 3 atom stereocenters. The molecule has 212 valence electrons. The summed E-state index contributed by atoms with van der Waals surface area (Å²) in [4.78, 5) is 43.6. The van der Waals surface area contributed by atoms with E-state index in [0.717, 1.165) is 24.0 Å². The average molecular weight is 558 g/mol. The van der Waals surface area contributed by atoms with Gasteiger partial charge in [0, 0.05) is 29.0 Å². The summed E-state index contributed by atoms with van der Waals surface area (Å²) in [6.07, 6.45) is 2.13. The van der Waals surface area contributed by atoms with Crippen LogP contribution in [0.2, 0.25) is 0 Å². The highest BCUT2D eigenvalue weighted by atomic mass is 16.5. The highest BCUT2D eigenvalue weighted by Gasteiger charge is 2.39. The molecule has 5 heterocycles. The summed E-state index contributed by atoms with van der Waals surface area (Å²) in [7, 11) is 0. The van der Waals surface area contributed by atoms with Gasteiger partial charge in [-0.05, 0) is 62.2 Å². The zero-order valence-corrected chi connectivity index (χ0v) is 22.7. The van der Waals surface area contributed by atoms with E-state index in [9.17, 15) is 9.59 Å². The number of carbonyl (C=O) groups excluding carboxylic acids is 2. The lowest BCUT2D eigenvalue weighted by atomic mass is 10.1. The average Bonchev–Trinajstić information content (AvgIpc) is 3.47. The Balaban J connectivity index is 1.11. The number of amides is 2. The first-order chi connectivity index (χ1) is 20.0. The predicted molar refractivity (Wildman–Crippen MR) is 151 cm³/mol. The number of morpholine rings is 2. The second kappa shape index (κ2) is 10.6. The van der Waals surface area contributed by atoms with E-state index in [0.29, 0.717) is 67.6 Å². The van der Waals surface area contributed by atoms with Crippen LogP contribution in [0.4, 0.5) is 28.1 Å². The Bertz CT molecular complexity index is 1470. The summed E-state index contributed by atoms with van der Waals surface area (Å²) in [6, 6.07) is 12.8. The molecule has 2 aromatic carbocycles. The molecule has 3 aromatic rings. The number of aromatic nitrogens is 3. The van der Waals surface area contributed by atoms with Crippen LogP contribution in [0.15, 0.2) is 42.5 Å². The van der Waals surface area contributed by atoms with Crippen LogP contribution in [0, 0.1) is 0 Å². The molecule has 0 saturated carbocycles. The molecular weight excluding hydrogens is 526 g/mol. The van der Waals surface area contributed by atoms with Crippen LogP contribution in [0.3, 0.4) is 0 Å². The maximum Gasteiger partial charge on any atom is 0.338 e. The lowest BCUT2D eigenvalue weighted by Gasteiger charge is -2.36. The maximum absolute atomic E-state index is 12.7. The summed E-state index contributed by atoms with van der Waals surface area (Å²) in [5.41, 5.74) is 3.31. The molecule has 1 aromatic heterocycles. The first-order valence-corrected chi connectivity index (χ1v) is 14.0. The van der Waals surface area contributed by atoms with Crippen molar-refractivity contribution in [1.29, 1.82) is 0 Å². The molecule has 7 rings (SSSR count). The number of anilines is 4. The Labute approximate surface area is 237 Å². The third-order valence-electron chi connectivity index (χ3n) is 8.05. The topological polar surface area (TPSA) is 131 Å². The van der Waals surface area contributed by atoms with E-state index in [1.54, 1.807) is 18.2 Å². The molecule has 3 fully saturated rings. The number of carbonyl (C=O) groups is 2. The monoisotopic (exact) mass is 557 g/mol. The minimum absolute atomic E-state index is 0.150. The van der Waals surface area contributed by atoms with Crippen LogP contribution in [0.5, 0.6) is 0 Å². The number of nitrogens with zero attached hydrogens (tertiary/aromatic N) is 5. The van der Waals surface area contributed by atoms with E-state index in [1.165, 1.54) is 0 Å². The van der Waals surface area contributed by atoms with Gasteiger partial charge < -0.3 is 34.6 Å². The van der Waals surface area contributed by atoms with Gasteiger partial charge in [0.2, 0.25) is 11.9 Å². The number of hydrogen-bond donors (Lipinski definition) is 2. The smallest absolute Gasteiger partial charge is 0.338 e. The molecule has 0 aliphatic carbocycles. The number of esters is 1. The molecule has 2 unspecified atom stereocenters. The Morgan fingerprint density at radius 2 is 1.63 bits per heavy atom. The van der Waals surface area contributed by atoms with Gasteiger partial charge in [-0.1, -0.05) is 0 Å². The second-order valence-electron chi connectivity index (χ2n) is 10.8. The van der Waals surface area contributed by atoms with Crippen molar-refractivity contribution >= 4 is 35.3 Å². The van der Waals surface area contributed by atoms with Crippen molar-refractivity contribution in [2.45, 2.75) is 44.5 Å². The fourth-order valence-corrected chi connectivity index (χ4v) is 5.91. The van der Waals surface area contributed by atoms with Crippen molar-refractivity contribution in [2.75, 3.05) is 53.4 Å². The predicted octanol–water partition coefficient (Wildman–Crippen LogP) is 3.45. The first-order valence-electron chi connectivity index (χ1n) is 14.0. The molecule has 12 nitrogen and oxygen atoms in total. The first kappa shape index (κ1) is 25.7. The summed E-state index contributed by atoms with van der Waals surface area (Å²) >= 11 is 0. The van der Waals surface area contributed by atoms with Crippen molar-refractivity contribution in [2.24, 2.45) is 0 Å². The maximum atomic E-state index is 12.7. The summed E-state index contributed by atoms with van der Waals surface area (Å²) < 4.78 is 16.5. The molecule has 12 heteroatoms. The van der Waals surface area contributed by atoms with Crippen molar-refractivity contribution in [3.63, 3.8) is 0 Å². The molecule has 2 amide bonds. The van der Waals surface area contributed by atoms with Gasteiger partial charge in [-0.15, -0.1) is 0 Å². The van der Waals surface area contributed by atoms with Crippen molar-refractivity contribution in [3.05, 3.63) is 53.6 Å². The van der Waals surface area contributed by atoms with Crippen LogP contribution >= 0.6 is 0 Å². The molecule has 4 aliphatic rings. The Morgan fingerprint density at radius 1 is 0.902 bits per heavy atom. The largest absolute Gasteiger partial charge is 0.457 e. The third kappa shape index (κ3) is 5.04. The van der Waals surface area contributed by atoms with Crippen LogP contribution in [0.1, 0.15) is 35.7 Å². The normalized spacial score (nSPS) is 23.2. The summed E-state index contributed by atoms with van der Waals surface area (Å²) in [5, 5.41) is 5.66. The highest BCUT2D eigenvalue weighted by Crippen LogP contribution is 2.34. The summed E-state index contributed by atoms with van der Waals surface area (Å²) in [6.45, 7) is 5.65. The minimum Gasteiger partial charge on any atom is -0.457 e. The van der Waals surface area contributed by atoms with Gasteiger partial charge in [0.25, 0.3) is 0 Å². The molecule has 2 N–H and O–H groups in total. The van der Waals surface area contributed by atoms with Crippen LogP contribution in [-0.2, 0) is 20.8 Å². The van der Waals surface area contributed by atoms with Crippen molar-refractivity contribution in [3.8, 4) is 11.4 Å². The molecule has 4 aliphatic heterocycles. The Hall–Kier alpha value is -4.29. The number of nitrogens with one attached hydrogen (secondary N) is 2. The number of fused-ring (bicyclic) bond motifs is 3. The SMILES string of the molecule is C[C@@H]1COCCN1c1nc(-c2ccc(NC(=O)Nc3ccc4c(c3)COC4=O)cc2)nc(N2C3CCC2COC3)n1. The van der Waals surface area contributed by atoms with Crippen molar-refractivity contribution in [1.82, 2.24) is 15.0 Å². The molecular formula is C29H31N7O5. The Kier molecular flexibility index (Phi) is 6.63. The standard InChI is InChI=1S/C29H31N7O5/c1-17-13-39-11-10-35(17)27-32-25(33-28(34-27)36-22-7-8-23(36)16-40-15-22)18-2-4-20(5-3-18)30-29(38)31-21-6-9-24-19(12-21)14-41-26(24)37/h2-6,9,12,17,22-23H,7-8,10-11,13-16H2,1H3,(H2,30,31,38)/t17-,22?,23?/m1/s1. The molecule has 3 saturated heterocycles. The van der Waals surface area contributed by atoms with Crippen LogP contribution in [0.25, 0.3) is 11.4 Å². The quantitative estimate of drug-likeness (QED) is 0.450. The summed E-state index contributed by atoms with van der Waals surface area (Å²) in [5.74, 6) is 1.57. The van der Waals surface area contributed by atoms with E-state index in [4.69, 9.17) is 29.2 Å². The number of benzene rings is 2. The lowest BCUT2D eigenvalue weighted by Crippen LogP contribution is -2.48. The van der Waals surface area contributed by atoms with E-state index in [2.05, 4.69) is 27.4 Å². The van der Waals surface area contributed by atoms with Gasteiger partial charge in [-0.3, -0.25) is 0 Å². The Morgan fingerprint density at radius 3 is 2.41 bits per heavy atom. The van der Waals surface area contributed by atoms with Crippen molar-refractivity contribution < 1.29 is 23.8 Å². The minimum atomic E-state index is -0.392. The highest BCUT2D eigenvalue weighted by molar-refractivity contribution is 6.01. The number of cyclic esters (lactones) is 1. The van der Waals surface area contributed by atoms with Gasteiger partial charge in [0.1, 0.15) is 6.61 Å². The van der Waals surface area contributed by atoms with Gasteiger partial charge in [-0.25, -0.2) is 9.59 Å². The zero-order chi connectivity index (χ0) is 27.9. The lowest BCUT2D eigenvalue weighted by molar-refractivity contribution is 0.0535. The van der Waals surface area contributed by atoms with Gasteiger partial charge in [-0.2, -0.15) is 15.0 Å². The van der Waals surface area contributed by atoms with E-state index < -0.39 is 6.03 Å². The molecule has 41 heavy (non-hydrogen) atoms. The van der Waals surface area contributed by atoms with Crippen LogP contribution < -0.4 is 20.4 Å². The fraction of sp³-hybridized carbons (Fsp3) is 0.414. The van der Waals surface area contributed by atoms with E-state index in [-0.39, 0.29) is 30.7 Å². The number of urea groups is 1. The number of rotatable bonds is 5. The third-order valence-corrected chi connectivity index (χ3v) is 8.05. The zero-order valence-electron chi connectivity index (χ0n) is 22.7. The second-order valence-corrected chi connectivity index (χ2v) is 10.8. The van der Waals surface area contributed by atoms with Crippen LogP contribution in [-0.4, -0.2) is 78.1 Å². The van der Waals surface area contributed by atoms with E-state index in [1.807, 2.05) is 24.3 Å². The fourth-order valence-electron chi connectivity index (χ4n) is 5.91. The number of hydrogen-bond acceptors (Lipinski definition) is 10. The van der Waals surface area contributed by atoms with E-state index >= 15 is 0 Å². The molecule has 0 radical (unpaired) electrons. The molecule has 2 bridgehead atoms. The number of ether oxygens (including phenoxy) is 3.